The second-order valence-corrected chi connectivity index (χ2v) is 5.88. The number of benzene rings is 2. The van der Waals surface area contributed by atoms with E-state index in [0.29, 0.717) is 21.4 Å². The number of halogens is 3. The van der Waals surface area contributed by atoms with Gasteiger partial charge in [0.2, 0.25) is 0 Å². The summed E-state index contributed by atoms with van der Waals surface area (Å²) >= 11 is 15.2. The van der Waals surface area contributed by atoms with Crippen LogP contribution in [0.15, 0.2) is 40.9 Å². The molecule has 0 radical (unpaired) electrons. The molecule has 2 aromatic rings. The molecule has 0 bridgehead atoms. The lowest BCUT2D eigenvalue weighted by Gasteiger charge is -2.11. The molecule has 2 amide bonds. The first-order chi connectivity index (χ1) is 9.45. The number of anilines is 2. The van der Waals surface area contributed by atoms with Gasteiger partial charge in [-0.1, -0.05) is 29.3 Å². The fourth-order valence-electron chi connectivity index (χ4n) is 1.60. The number of urea groups is 1. The number of nitrogens with one attached hydrogen (secondary N) is 2. The minimum Gasteiger partial charge on any atom is -0.307 e. The van der Waals surface area contributed by atoms with Crippen LogP contribution in [0.2, 0.25) is 10.0 Å². The van der Waals surface area contributed by atoms with Gasteiger partial charge in [0, 0.05) is 9.50 Å². The Kier molecular flexibility index (Phi) is 4.91. The van der Waals surface area contributed by atoms with Gasteiger partial charge < -0.3 is 10.6 Å². The van der Waals surface area contributed by atoms with Crippen LogP contribution >= 0.6 is 39.1 Å². The van der Waals surface area contributed by atoms with Crippen LogP contribution in [0.25, 0.3) is 0 Å². The molecule has 0 saturated heterocycles. The molecule has 0 unspecified atom stereocenters. The van der Waals surface area contributed by atoms with Crippen molar-refractivity contribution in [3.05, 3.63) is 56.5 Å². The molecule has 0 spiro atoms. The lowest BCUT2D eigenvalue weighted by Crippen LogP contribution is -2.20. The van der Waals surface area contributed by atoms with E-state index in [1.165, 1.54) is 0 Å². The van der Waals surface area contributed by atoms with E-state index in [2.05, 4.69) is 26.6 Å². The number of rotatable bonds is 2. The fourth-order valence-corrected chi connectivity index (χ4v) is 2.29. The topological polar surface area (TPSA) is 41.1 Å². The lowest BCUT2D eigenvalue weighted by molar-refractivity contribution is 0.262. The first-order valence-electron chi connectivity index (χ1n) is 5.75. The molecule has 0 aliphatic rings. The molecular weight excluding hydrogens is 363 g/mol. The Balaban J connectivity index is 2.13. The minimum atomic E-state index is -0.388. The Morgan fingerprint density at radius 1 is 1.05 bits per heavy atom. The van der Waals surface area contributed by atoms with Crippen LogP contribution in [0.1, 0.15) is 5.56 Å². The van der Waals surface area contributed by atoms with Gasteiger partial charge in [-0.3, -0.25) is 0 Å². The van der Waals surface area contributed by atoms with Crippen molar-refractivity contribution in [1.29, 1.82) is 0 Å². The van der Waals surface area contributed by atoms with Crippen LogP contribution in [0.4, 0.5) is 16.2 Å². The summed E-state index contributed by atoms with van der Waals surface area (Å²) in [6, 6.07) is 10.2. The number of hydrogen-bond donors (Lipinski definition) is 2. The summed E-state index contributed by atoms with van der Waals surface area (Å²) in [5.74, 6) is 0. The third kappa shape index (κ3) is 3.88. The van der Waals surface area contributed by atoms with Crippen LogP contribution in [-0.2, 0) is 0 Å². The molecule has 6 heteroatoms. The van der Waals surface area contributed by atoms with Crippen LogP contribution in [0, 0.1) is 6.92 Å². The fraction of sp³-hybridized carbons (Fsp3) is 0.0714. The Morgan fingerprint density at radius 3 is 2.50 bits per heavy atom. The SMILES string of the molecule is Cc1ccc(Br)c(NC(=O)Nc2cc(Cl)ccc2Cl)c1. The summed E-state index contributed by atoms with van der Waals surface area (Å²) in [7, 11) is 0. The van der Waals surface area contributed by atoms with Crippen molar-refractivity contribution in [3.63, 3.8) is 0 Å². The average Bonchev–Trinajstić information content (AvgIpc) is 2.38. The van der Waals surface area contributed by atoms with Gasteiger partial charge in [-0.15, -0.1) is 0 Å². The van der Waals surface area contributed by atoms with Crippen molar-refractivity contribution in [2.45, 2.75) is 6.92 Å². The molecular formula is C14H11BrCl2N2O. The molecule has 0 fully saturated rings. The van der Waals surface area contributed by atoms with Crippen molar-refractivity contribution in [2.24, 2.45) is 0 Å². The standard InChI is InChI=1S/C14H11BrCl2N2O/c1-8-2-4-10(15)12(6-8)18-14(20)19-13-7-9(16)3-5-11(13)17/h2-7H,1H3,(H2,18,19,20). The minimum absolute atomic E-state index is 0.388. The molecule has 0 heterocycles. The zero-order valence-corrected chi connectivity index (χ0v) is 13.6. The van der Waals surface area contributed by atoms with Crippen molar-refractivity contribution >= 4 is 56.5 Å². The van der Waals surface area contributed by atoms with Crippen LogP contribution in [0.3, 0.4) is 0 Å². The molecule has 0 saturated carbocycles. The largest absolute Gasteiger partial charge is 0.323 e. The monoisotopic (exact) mass is 372 g/mol. The predicted octanol–water partition coefficient (Wildman–Crippen LogP) is 5.71. The Hall–Kier alpha value is -1.23. The maximum atomic E-state index is 12.0. The number of carbonyl (C=O) groups excluding carboxylic acids is 1. The molecule has 104 valence electrons. The molecule has 20 heavy (non-hydrogen) atoms. The average molecular weight is 374 g/mol. The smallest absolute Gasteiger partial charge is 0.307 e. The van der Waals surface area contributed by atoms with Crippen LogP contribution in [0.5, 0.6) is 0 Å². The van der Waals surface area contributed by atoms with Crippen molar-refractivity contribution in [3.8, 4) is 0 Å². The Bertz CT molecular complexity index is 606. The maximum absolute atomic E-state index is 12.0. The van der Waals surface area contributed by atoms with E-state index < -0.39 is 0 Å². The molecule has 3 nitrogen and oxygen atoms in total. The first kappa shape index (κ1) is 15.2. The van der Waals surface area contributed by atoms with E-state index in [-0.39, 0.29) is 6.03 Å². The molecule has 0 aliphatic heterocycles. The van der Waals surface area contributed by atoms with Gasteiger partial charge in [0.25, 0.3) is 0 Å². The maximum Gasteiger partial charge on any atom is 0.323 e. The quantitative estimate of drug-likeness (QED) is 0.695. The second-order valence-electron chi connectivity index (χ2n) is 4.19. The van der Waals surface area contributed by atoms with E-state index in [1.807, 2.05) is 25.1 Å². The van der Waals surface area contributed by atoms with Gasteiger partial charge in [-0.05, 0) is 58.7 Å². The van der Waals surface area contributed by atoms with Crippen molar-refractivity contribution in [2.75, 3.05) is 10.6 Å². The third-order valence-corrected chi connectivity index (χ3v) is 3.80. The van der Waals surface area contributed by atoms with Gasteiger partial charge in [0.05, 0.1) is 16.4 Å². The van der Waals surface area contributed by atoms with Crippen molar-refractivity contribution < 1.29 is 4.79 Å². The van der Waals surface area contributed by atoms with Gasteiger partial charge in [0.1, 0.15) is 0 Å². The van der Waals surface area contributed by atoms with E-state index >= 15 is 0 Å². The lowest BCUT2D eigenvalue weighted by atomic mass is 10.2. The van der Waals surface area contributed by atoms with E-state index in [0.717, 1.165) is 10.0 Å². The first-order valence-corrected chi connectivity index (χ1v) is 7.30. The number of carbonyl (C=O) groups is 1. The highest BCUT2D eigenvalue weighted by atomic mass is 79.9. The molecule has 0 aromatic heterocycles. The van der Waals surface area contributed by atoms with Crippen molar-refractivity contribution in [1.82, 2.24) is 0 Å². The summed E-state index contributed by atoms with van der Waals surface area (Å²) < 4.78 is 0.801. The highest BCUT2D eigenvalue weighted by molar-refractivity contribution is 9.10. The van der Waals surface area contributed by atoms with Crippen LogP contribution < -0.4 is 10.6 Å². The van der Waals surface area contributed by atoms with Gasteiger partial charge >= 0.3 is 6.03 Å². The molecule has 2 aromatic carbocycles. The van der Waals surface area contributed by atoms with Gasteiger partial charge in [-0.25, -0.2) is 4.79 Å². The summed E-state index contributed by atoms with van der Waals surface area (Å²) in [6.07, 6.45) is 0. The predicted molar refractivity (Wildman–Crippen MR) is 88.0 cm³/mol. The highest BCUT2D eigenvalue weighted by Gasteiger charge is 2.08. The van der Waals surface area contributed by atoms with E-state index in [9.17, 15) is 4.79 Å². The third-order valence-electron chi connectivity index (χ3n) is 2.55. The summed E-state index contributed by atoms with van der Waals surface area (Å²) in [4.78, 5) is 12.0. The summed E-state index contributed by atoms with van der Waals surface area (Å²) in [6.45, 7) is 1.95. The molecule has 2 N–H and O–H groups in total. The number of hydrogen-bond acceptors (Lipinski definition) is 1. The Labute approximate surface area is 135 Å². The van der Waals surface area contributed by atoms with E-state index in [4.69, 9.17) is 23.2 Å². The van der Waals surface area contributed by atoms with Gasteiger partial charge in [-0.2, -0.15) is 0 Å². The number of amides is 2. The zero-order valence-electron chi connectivity index (χ0n) is 10.5. The zero-order chi connectivity index (χ0) is 14.7. The summed E-state index contributed by atoms with van der Waals surface area (Å²) in [5, 5.41) is 6.33. The normalized spacial score (nSPS) is 10.2. The van der Waals surface area contributed by atoms with Crippen LogP contribution in [-0.4, -0.2) is 6.03 Å². The van der Waals surface area contributed by atoms with Gasteiger partial charge in [0.15, 0.2) is 0 Å². The molecule has 2 rings (SSSR count). The highest BCUT2D eigenvalue weighted by Crippen LogP contribution is 2.27. The van der Waals surface area contributed by atoms with E-state index in [1.54, 1.807) is 18.2 Å². The number of aryl methyl sites for hydroxylation is 1. The molecule has 0 atom stereocenters. The second kappa shape index (κ2) is 6.48. The summed E-state index contributed by atoms with van der Waals surface area (Å²) in [5.41, 5.74) is 2.19. The molecule has 0 aliphatic carbocycles. The Morgan fingerprint density at radius 2 is 1.75 bits per heavy atom.